The predicted molar refractivity (Wildman–Crippen MR) is 103 cm³/mol. The highest BCUT2D eigenvalue weighted by Gasteiger charge is 2.32. The maximum absolute atomic E-state index is 12.7. The molecule has 0 fully saturated rings. The second-order valence-electron chi connectivity index (χ2n) is 6.17. The second-order valence-corrected chi connectivity index (χ2v) is 7.09. The van der Waals surface area contributed by atoms with Crippen molar-refractivity contribution in [3.63, 3.8) is 0 Å². The fourth-order valence-corrected chi connectivity index (χ4v) is 3.26. The highest BCUT2D eigenvalue weighted by Crippen LogP contribution is 2.34. The van der Waals surface area contributed by atoms with Gasteiger partial charge in [0, 0.05) is 23.7 Å². The number of nitrogens with zero attached hydrogens (tertiary/aromatic N) is 2. The van der Waals surface area contributed by atoms with Gasteiger partial charge in [-0.25, -0.2) is 5.01 Å². The van der Waals surface area contributed by atoms with E-state index in [1.54, 1.807) is 0 Å². The van der Waals surface area contributed by atoms with E-state index in [-0.39, 0.29) is 24.8 Å². The molecule has 0 unspecified atom stereocenters. The number of hydrogen-bond acceptors (Lipinski definition) is 3. The Morgan fingerprint density at radius 1 is 1.08 bits per heavy atom. The first-order chi connectivity index (χ1) is 12.5. The Morgan fingerprint density at radius 3 is 2.42 bits per heavy atom. The summed E-state index contributed by atoms with van der Waals surface area (Å²) in [4.78, 5) is 23.4. The number of carbonyl (C=O) groups excluding carboxylic acids is 1. The van der Waals surface area contributed by atoms with Crippen LogP contribution in [0, 0.1) is 0 Å². The maximum Gasteiger partial charge on any atom is 0.303 e. The minimum atomic E-state index is -0.892. The summed E-state index contributed by atoms with van der Waals surface area (Å²) in [5.41, 5.74) is 2.87. The zero-order valence-electron chi connectivity index (χ0n) is 14.1. The molecular formula is C20H19BrN2O3. The molecule has 0 saturated carbocycles. The van der Waals surface area contributed by atoms with Crippen LogP contribution in [-0.2, 0) is 9.59 Å². The Balaban J connectivity index is 1.83. The van der Waals surface area contributed by atoms with Crippen molar-refractivity contribution < 1.29 is 14.7 Å². The fraction of sp³-hybridized carbons (Fsp3) is 0.250. The van der Waals surface area contributed by atoms with Crippen molar-refractivity contribution in [2.75, 3.05) is 0 Å². The van der Waals surface area contributed by atoms with Crippen molar-refractivity contribution in [2.24, 2.45) is 5.10 Å². The van der Waals surface area contributed by atoms with Gasteiger partial charge in [-0.3, -0.25) is 9.59 Å². The summed E-state index contributed by atoms with van der Waals surface area (Å²) < 4.78 is 0.975. The molecule has 0 aromatic heterocycles. The van der Waals surface area contributed by atoms with Crippen LogP contribution in [-0.4, -0.2) is 27.7 Å². The first kappa shape index (κ1) is 18.3. The smallest absolute Gasteiger partial charge is 0.303 e. The van der Waals surface area contributed by atoms with E-state index >= 15 is 0 Å². The zero-order valence-corrected chi connectivity index (χ0v) is 15.7. The molecule has 1 heterocycles. The normalized spacial score (nSPS) is 16.4. The highest BCUT2D eigenvalue weighted by atomic mass is 79.9. The van der Waals surface area contributed by atoms with Gasteiger partial charge in [-0.1, -0.05) is 58.4 Å². The summed E-state index contributed by atoms with van der Waals surface area (Å²) in [6.45, 7) is 0. The van der Waals surface area contributed by atoms with Gasteiger partial charge in [0.1, 0.15) is 0 Å². The molecule has 5 nitrogen and oxygen atoms in total. The molecule has 0 spiro atoms. The van der Waals surface area contributed by atoms with Gasteiger partial charge in [0.15, 0.2) is 0 Å². The molecule has 1 aliphatic heterocycles. The van der Waals surface area contributed by atoms with Crippen LogP contribution in [0.15, 0.2) is 64.2 Å². The van der Waals surface area contributed by atoms with Crippen molar-refractivity contribution >= 4 is 33.5 Å². The maximum atomic E-state index is 12.7. The molecule has 0 aliphatic carbocycles. The van der Waals surface area contributed by atoms with E-state index in [1.165, 1.54) is 5.01 Å². The third kappa shape index (κ3) is 4.38. The lowest BCUT2D eigenvalue weighted by Gasteiger charge is -2.22. The van der Waals surface area contributed by atoms with E-state index in [9.17, 15) is 9.59 Å². The molecule has 2 aromatic rings. The van der Waals surface area contributed by atoms with E-state index in [1.807, 2.05) is 54.6 Å². The molecule has 26 heavy (non-hydrogen) atoms. The number of carboxylic acids is 1. The lowest BCUT2D eigenvalue weighted by molar-refractivity contribution is -0.137. The lowest BCUT2D eigenvalue weighted by atomic mass is 9.98. The quantitative estimate of drug-likeness (QED) is 0.761. The molecule has 6 heteroatoms. The molecule has 1 aliphatic rings. The summed E-state index contributed by atoms with van der Waals surface area (Å²) >= 11 is 3.43. The SMILES string of the molecule is O=C(O)CCCC(=O)N1N=C(c2ccccc2)C[C@H]1c1ccc(Br)cc1. The number of hydrogen-bond donors (Lipinski definition) is 1. The summed E-state index contributed by atoms with van der Waals surface area (Å²) in [5, 5.41) is 14.9. The van der Waals surface area contributed by atoms with Crippen molar-refractivity contribution in [1.29, 1.82) is 0 Å². The molecule has 1 atom stereocenters. The third-order valence-electron chi connectivity index (χ3n) is 4.31. The molecule has 0 radical (unpaired) electrons. The zero-order chi connectivity index (χ0) is 18.5. The number of carbonyl (C=O) groups is 2. The van der Waals surface area contributed by atoms with E-state index < -0.39 is 5.97 Å². The number of amides is 1. The van der Waals surface area contributed by atoms with Crippen LogP contribution < -0.4 is 0 Å². The van der Waals surface area contributed by atoms with E-state index in [0.29, 0.717) is 12.8 Å². The fourth-order valence-electron chi connectivity index (χ4n) is 3.00. The first-order valence-corrected chi connectivity index (χ1v) is 9.26. The molecule has 1 N–H and O–H groups in total. The van der Waals surface area contributed by atoms with E-state index in [2.05, 4.69) is 21.0 Å². The van der Waals surface area contributed by atoms with Crippen LogP contribution in [0.5, 0.6) is 0 Å². The first-order valence-electron chi connectivity index (χ1n) is 8.47. The van der Waals surface area contributed by atoms with Gasteiger partial charge in [-0.05, 0) is 29.7 Å². The standard InChI is InChI=1S/C20H19BrN2O3/c21-16-11-9-15(10-12-16)18-13-17(14-5-2-1-3-6-14)22-23(18)19(24)7-4-8-20(25)26/h1-3,5-6,9-12,18H,4,7-8,13H2,(H,25,26)/t18-/m0/s1. The Labute approximate surface area is 160 Å². The number of hydrazone groups is 1. The van der Waals surface area contributed by atoms with Gasteiger partial charge in [0.2, 0.25) is 5.91 Å². The van der Waals surface area contributed by atoms with Crippen LogP contribution in [0.4, 0.5) is 0 Å². The molecule has 134 valence electrons. The monoisotopic (exact) mass is 414 g/mol. The van der Waals surface area contributed by atoms with E-state index in [0.717, 1.165) is 21.3 Å². The predicted octanol–water partition coefficient (Wildman–Crippen LogP) is 4.38. The number of halogens is 1. The van der Waals surface area contributed by atoms with Gasteiger partial charge in [-0.2, -0.15) is 5.10 Å². The summed E-state index contributed by atoms with van der Waals surface area (Å²) in [6.07, 6.45) is 1.10. The largest absolute Gasteiger partial charge is 0.481 e. The van der Waals surface area contributed by atoms with Gasteiger partial charge in [0.05, 0.1) is 11.8 Å². The Kier molecular flexibility index (Phi) is 5.83. The van der Waals surface area contributed by atoms with Gasteiger partial charge in [-0.15, -0.1) is 0 Å². The minimum Gasteiger partial charge on any atom is -0.481 e. The van der Waals surface area contributed by atoms with Gasteiger partial charge < -0.3 is 5.11 Å². The van der Waals surface area contributed by atoms with Gasteiger partial charge >= 0.3 is 5.97 Å². The summed E-state index contributed by atoms with van der Waals surface area (Å²) in [7, 11) is 0. The Hall–Kier alpha value is -2.47. The van der Waals surface area contributed by atoms with Gasteiger partial charge in [0.25, 0.3) is 0 Å². The molecule has 0 bridgehead atoms. The van der Waals surface area contributed by atoms with Crippen LogP contribution in [0.3, 0.4) is 0 Å². The molecule has 3 rings (SSSR count). The average Bonchev–Trinajstić information content (AvgIpc) is 3.08. The number of rotatable bonds is 6. The van der Waals surface area contributed by atoms with E-state index in [4.69, 9.17) is 5.11 Å². The highest BCUT2D eigenvalue weighted by molar-refractivity contribution is 9.10. The van der Waals surface area contributed by atoms with Crippen molar-refractivity contribution in [1.82, 2.24) is 5.01 Å². The van der Waals surface area contributed by atoms with Crippen molar-refractivity contribution in [3.05, 3.63) is 70.2 Å². The summed E-state index contributed by atoms with van der Waals surface area (Å²) in [6, 6.07) is 17.5. The molecule has 2 aromatic carbocycles. The second kappa shape index (κ2) is 8.27. The van der Waals surface area contributed by atoms with Crippen molar-refractivity contribution in [3.8, 4) is 0 Å². The molecule has 1 amide bonds. The lowest BCUT2D eigenvalue weighted by Crippen LogP contribution is -2.27. The number of carboxylic acid groups (broad SMARTS) is 1. The third-order valence-corrected chi connectivity index (χ3v) is 4.84. The summed E-state index contributed by atoms with van der Waals surface area (Å²) in [5.74, 6) is -1.04. The topological polar surface area (TPSA) is 70.0 Å². The Morgan fingerprint density at radius 2 is 1.77 bits per heavy atom. The number of aliphatic carboxylic acids is 1. The molecular weight excluding hydrogens is 396 g/mol. The Bertz CT molecular complexity index is 819. The average molecular weight is 415 g/mol. The minimum absolute atomic E-state index is 0.0161. The van der Waals surface area contributed by atoms with Crippen LogP contribution >= 0.6 is 15.9 Å². The van der Waals surface area contributed by atoms with Crippen LogP contribution in [0.1, 0.15) is 42.9 Å². The van der Waals surface area contributed by atoms with Crippen LogP contribution in [0.25, 0.3) is 0 Å². The number of benzene rings is 2. The molecule has 0 saturated heterocycles. The van der Waals surface area contributed by atoms with Crippen LogP contribution in [0.2, 0.25) is 0 Å². The van der Waals surface area contributed by atoms with Crippen molar-refractivity contribution in [2.45, 2.75) is 31.7 Å².